The van der Waals surface area contributed by atoms with Crippen LogP contribution in [0.5, 0.6) is 0 Å². The fraction of sp³-hybridized carbons (Fsp3) is 0.929. The van der Waals surface area contributed by atoms with Gasteiger partial charge in [-0.25, -0.2) is 0 Å². The normalized spacial score (nSPS) is 36.2. The van der Waals surface area contributed by atoms with E-state index in [4.69, 9.17) is 10.5 Å². The van der Waals surface area contributed by atoms with Crippen molar-refractivity contribution in [2.75, 3.05) is 6.54 Å². The molecule has 4 atom stereocenters. The molecule has 17 heavy (non-hydrogen) atoms. The number of carbonyl (C=O) groups excluding carboxylic acids is 1. The van der Waals surface area contributed by atoms with E-state index in [1.54, 1.807) is 0 Å². The first-order valence-corrected chi connectivity index (χ1v) is 6.89. The summed E-state index contributed by atoms with van der Waals surface area (Å²) in [6.45, 7) is 6.76. The first kappa shape index (κ1) is 12.9. The van der Waals surface area contributed by atoms with Crippen LogP contribution in [0.1, 0.15) is 46.5 Å². The molecule has 0 aromatic rings. The summed E-state index contributed by atoms with van der Waals surface area (Å²) in [7, 11) is 0. The second-order valence-corrected chi connectivity index (χ2v) is 6.40. The lowest BCUT2D eigenvalue weighted by atomic mass is 9.86. The zero-order valence-corrected chi connectivity index (χ0v) is 11.2. The van der Waals surface area contributed by atoms with Gasteiger partial charge in [0.2, 0.25) is 0 Å². The molecule has 3 nitrogen and oxygen atoms in total. The fourth-order valence-electron chi connectivity index (χ4n) is 3.22. The Morgan fingerprint density at radius 1 is 1.29 bits per heavy atom. The van der Waals surface area contributed by atoms with Gasteiger partial charge in [-0.05, 0) is 63.8 Å². The Hall–Kier alpha value is -0.570. The van der Waals surface area contributed by atoms with Crippen LogP contribution in [0.15, 0.2) is 0 Å². The maximum absolute atomic E-state index is 12.0. The lowest BCUT2D eigenvalue weighted by Gasteiger charge is -2.30. The number of esters is 1. The highest BCUT2D eigenvalue weighted by atomic mass is 16.5. The van der Waals surface area contributed by atoms with Crippen LogP contribution in [0.4, 0.5) is 0 Å². The molecule has 0 aromatic carbocycles. The third-order valence-corrected chi connectivity index (χ3v) is 4.94. The highest BCUT2D eigenvalue weighted by molar-refractivity contribution is 5.76. The van der Waals surface area contributed by atoms with Gasteiger partial charge in [0.05, 0.1) is 5.41 Å². The van der Waals surface area contributed by atoms with E-state index in [0.717, 1.165) is 25.8 Å². The van der Waals surface area contributed by atoms with Crippen molar-refractivity contribution in [1.29, 1.82) is 0 Å². The molecular formula is C14H25NO2. The Morgan fingerprint density at radius 2 is 2.00 bits per heavy atom. The molecule has 2 aliphatic rings. The van der Waals surface area contributed by atoms with Gasteiger partial charge in [-0.1, -0.05) is 6.92 Å². The lowest BCUT2D eigenvalue weighted by molar-refractivity contribution is -0.162. The van der Waals surface area contributed by atoms with Crippen molar-refractivity contribution in [3.05, 3.63) is 0 Å². The van der Waals surface area contributed by atoms with Crippen LogP contribution in [0.3, 0.4) is 0 Å². The minimum Gasteiger partial charge on any atom is -0.462 e. The summed E-state index contributed by atoms with van der Waals surface area (Å²) in [6, 6.07) is 0. The Balaban J connectivity index is 1.89. The minimum atomic E-state index is -0.338. The fourth-order valence-corrected chi connectivity index (χ4v) is 3.22. The van der Waals surface area contributed by atoms with E-state index in [1.165, 1.54) is 6.42 Å². The highest BCUT2D eigenvalue weighted by Gasteiger charge is 2.47. The van der Waals surface area contributed by atoms with Gasteiger partial charge in [-0.2, -0.15) is 0 Å². The third kappa shape index (κ3) is 2.35. The predicted octanol–water partition coefficient (Wildman–Crippen LogP) is 2.34. The number of ether oxygens (including phenoxy) is 1. The molecule has 0 heterocycles. The summed E-state index contributed by atoms with van der Waals surface area (Å²) in [4.78, 5) is 12.0. The Morgan fingerprint density at radius 3 is 2.47 bits per heavy atom. The second-order valence-electron chi connectivity index (χ2n) is 6.40. The molecule has 2 fully saturated rings. The Kier molecular flexibility index (Phi) is 3.48. The summed E-state index contributed by atoms with van der Waals surface area (Å²) in [5.74, 6) is 1.92. The maximum Gasteiger partial charge on any atom is 0.311 e. The van der Waals surface area contributed by atoms with Gasteiger partial charge in [0, 0.05) is 0 Å². The van der Waals surface area contributed by atoms with Crippen molar-refractivity contribution in [2.24, 2.45) is 28.9 Å². The Bertz CT molecular complexity index is 301. The number of carbonyl (C=O) groups is 1. The number of nitrogens with two attached hydrogens (primary N) is 1. The molecule has 0 aliphatic heterocycles. The smallest absolute Gasteiger partial charge is 0.311 e. The molecule has 0 radical (unpaired) electrons. The summed E-state index contributed by atoms with van der Waals surface area (Å²) in [5.41, 5.74) is 5.41. The van der Waals surface area contributed by atoms with E-state index in [0.29, 0.717) is 17.8 Å². The quantitative estimate of drug-likeness (QED) is 0.766. The topological polar surface area (TPSA) is 52.3 Å². The molecule has 3 heteroatoms. The van der Waals surface area contributed by atoms with E-state index >= 15 is 0 Å². The average molecular weight is 239 g/mol. The van der Waals surface area contributed by atoms with Crippen LogP contribution >= 0.6 is 0 Å². The van der Waals surface area contributed by atoms with Gasteiger partial charge in [0.15, 0.2) is 0 Å². The summed E-state index contributed by atoms with van der Waals surface area (Å²) in [5, 5.41) is 0. The molecule has 2 N–H and O–H groups in total. The standard InChI is InChI=1S/C14H25NO2/c1-4-14(2,3)13(16)17-12-7-9-5-10(12)6-11(9)8-15/h9-12H,4-8,15H2,1-3H3. The van der Waals surface area contributed by atoms with Gasteiger partial charge >= 0.3 is 5.97 Å². The van der Waals surface area contributed by atoms with Gasteiger partial charge < -0.3 is 10.5 Å². The van der Waals surface area contributed by atoms with E-state index < -0.39 is 0 Å². The minimum absolute atomic E-state index is 0.0261. The lowest BCUT2D eigenvalue weighted by Crippen LogP contribution is -2.34. The van der Waals surface area contributed by atoms with Gasteiger partial charge in [-0.15, -0.1) is 0 Å². The second kappa shape index (κ2) is 4.60. The van der Waals surface area contributed by atoms with Crippen LogP contribution < -0.4 is 5.73 Å². The molecular weight excluding hydrogens is 214 g/mol. The first-order valence-electron chi connectivity index (χ1n) is 6.89. The first-order chi connectivity index (χ1) is 7.97. The van der Waals surface area contributed by atoms with Crippen LogP contribution in [0.25, 0.3) is 0 Å². The van der Waals surface area contributed by atoms with E-state index in [9.17, 15) is 4.79 Å². The molecule has 0 saturated heterocycles. The van der Waals surface area contributed by atoms with Crippen LogP contribution in [-0.4, -0.2) is 18.6 Å². The van der Waals surface area contributed by atoms with Crippen LogP contribution in [-0.2, 0) is 9.53 Å². The van der Waals surface area contributed by atoms with Crippen molar-refractivity contribution in [2.45, 2.75) is 52.6 Å². The van der Waals surface area contributed by atoms with Crippen molar-refractivity contribution in [1.82, 2.24) is 0 Å². The van der Waals surface area contributed by atoms with Crippen molar-refractivity contribution >= 4 is 5.97 Å². The zero-order valence-electron chi connectivity index (χ0n) is 11.2. The highest BCUT2D eigenvalue weighted by Crippen LogP contribution is 2.49. The Labute approximate surface area is 104 Å². The largest absolute Gasteiger partial charge is 0.462 e. The molecule has 2 aliphatic carbocycles. The number of fused-ring (bicyclic) bond motifs is 2. The number of rotatable bonds is 4. The zero-order chi connectivity index (χ0) is 12.6. The summed E-state index contributed by atoms with van der Waals surface area (Å²) in [6.07, 6.45) is 4.41. The summed E-state index contributed by atoms with van der Waals surface area (Å²) < 4.78 is 5.71. The van der Waals surface area contributed by atoms with Crippen molar-refractivity contribution < 1.29 is 9.53 Å². The van der Waals surface area contributed by atoms with Crippen LogP contribution in [0, 0.1) is 23.2 Å². The SMILES string of the molecule is CCC(C)(C)C(=O)OC1CC2CC1CC2CN. The molecule has 0 aromatic heterocycles. The molecule has 0 spiro atoms. The molecule has 98 valence electrons. The molecule has 2 saturated carbocycles. The van der Waals surface area contributed by atoms with Crippen molar-refractivity contribution in [3.8, 4) is 0 Å². The predicted molar refractivity (Wildman–Crippen MR) is 67.3 cm³/mol. The van der Waals surface area contributed by atoms with E-state index in [2.05, 4.69) is 0 Å². The monoisotopic (exact) mass is 239 g/mol. The van der Waals surface area contributed by atoms with Crippen molar-refractivity contribution in [3.63, 3.8) is 0 Å². The van der Waals surface area contributed by atoms with E-state index in [-0.39, 0.29) is 17.5 Å². The van der Waals surface area contributed by atoms with Gasteiger partial charge in [0.1, 0.15) is 6.10 Å². The molecule has 2 rings (SSSR count). The third-order valence-electron chi connectivity index (χ3n) is 4.94. The van der Waals surface area contributed by atoms with Crippen LogP contribution in [0.2, 0.25) is 0 Å². The van der Waals surface area contributed by atoms with Gasteiger partial charge in [0.25, 0.3) is 0 Å². The number of hydrogen-bond donors (Lipinski definition) is 1. The molecule has 4 unspecified atom stereocenters. The molecule has 0 amide bonds. The average Bonchev–Trinajstić information content (AvgIpc) is 2.87. The van der Waals surface area contributed by atoms with E-state index in [1.807, 2.05) is 20.8 Å². The maximum atomic E-state index is 12.0. The number of hydrogen-bond acceptors (Lipinski definition) is 3. The molecule has 2 bridgehead atoms. The van der Waals surface area contributed by atoms with Gasteiger partial charge in [-0.3, -0.25) is 4.79 Å². The summed E-state index contributed by atoms with van der Waals surface area (Å²) >= 11 is 0.